The fourth-order valence-corrected chi connectivity index (χ4v) is 2.44. The van der Waals surface area contributed by atoms with Crippen LogP contribution in [0.2, 0.25) is 0 Å². The van der Waals surface area contributed by atoms with Gasteiger partial charge in [-0.2, -0.15) is 5.10 Å². The number of hydrogen-bond acceptors (Lipinski definition) is 6. The Hall–Kier alpha value is -1.25. The van der Waals surface area contributed by atoms with Gasteiger partial charge in [0.05, 0.1) is 13.2 Å². The molecule has 0 atom stereocenters. The Morgan fingerprint density at radius 3 is 2.94 bits per heavy atom. The largest absolute Gasteiger partial charge is 0.383 e. The smallest absolute Gasteiger partial charge is 0.195 e. The predicted octanol–water partition coefficient (Wildman–Crippen LogP) is 1.78. The summed E-state index contributed by atoms with van der Waals surface area (Å²) in [7, 11) is 5.59. The zero-order chi connectivity index (χ0) is 13.1. The lowest BCUT2D eigenvalue weighted by atomic mass is 10.4. The average Bonchev–Trinajstić information content (AvgIpc) is 2.93. The van der Waals surface area contributed by atoms with Gasteiger partial charge in [0.2, 0.25) is 0 Å². The third-order valence-electron chi connectivity index (χ3n) is 2.38. The molecule has 0 aliphatic heterocycles. The normalized spacial score (nSPS) is 10.8. The SMILES string of the molecule is COCCn1c(-c2csc(N(C)C)n2)n[nH]c1=S. The van der Waals surface area contributed by atoms with Crippen molar-refractivity contribution in [1.29, 1.82) is 0 Å². The van der Waals surface area contributed by atoms with Gasteiger partial charge < -0.3 is 9.64 Å². The molecule has 0 aliphatic rings. The molecule has 98 valence electrons. The topological polar surface area (TPSA) is 59.0 Å². The van der Waals surface area contributed by atoms with Gasteiger partial charge in [0.1, 0.15) is 5.69 Å². The molecule has 2 aromatic rings. The zero-order valence-corrected chi connectivity index (χ0v) is 12.1. The van der Waals surface area contributed by atoms with Crippen molar-refractivity contribution in [3.63, 3.8) is 0 Å². The molecule has 0 saturated heterocycles. The van der Waals surface area contributed by atoms with Crippen molar-refractivity contribution in [3.05, 3.63) is 10.2 Å². The molecule has 0 fully saturated rings. The van der Waals surface area contributed by atoms with Gasteiger partial charge in [0, 0.05) is 26.6 Å². The van der Waals surface area contributed by atoms with Crippen molar-refractivity contribution in [2.75, 3.05) is 32.7 Å². The number of H-pyrrole nitrogens is 1. The van der Waals surface area contributed by atoms with Crippen molar-refractivity contribution in [2.24, 2.45) is 0 Å². The van der Waals surface area contributed by atoms with E-state index >= 15 is 0 Å². The molecule has 0 saturated carbocycles. The number of aromatic nitrogens is 4. The second kappa shape index (κ2) is 5.59. The molecule has 8 heteroatoms. The predicted molar refractivity (Wildman–Crippen MR) is 74.7 cm³/mol. The Kier molecular flexibility index (Phi) is 4.10. The Morgan fingerprint density at radius 2 is 2.33 bits per heavy atom. The van der Waals surface area contributed by atoms with Gasteiger partial charge in [0.25, 0.3) is 0 Å². The van der Waals surface area contributed by atoms with Gasteiger partial charge in [-0.3, -0.25) is 9.67 Å². The molecule has 2 rings (SSSR count). The van der Waals surface area contributed by atoms with Gasteiger partial charge in [0.15, 0.2) is 15.7 Å². The van der Waals surface area contributed by atoms with Crippen molar-refractivity contribution in [3.8, 4) is 11.5 Å². The molecular formula is C10H15N5OS2. The number of methoxy groups -OCH3 is 1. The highest BCUT2D eigenvalue weighted by Crippen LogP contribution is 2.25. The zero-order valence-electron chi connectivity index (χ0n) is 10.5. The number of nitrogens with zero attached hydrogens (tertiary/aromatic N) is 4. The van der Waals surface area contributed by atoms with E-state index in [2.05, 4.69) is 15.2 Å². The van der Waals surface area contributed by atoms with E-state index in [4.69, 9.17) is 17.0 Å². The van der Waals surface area contributed by atoms with Crippen LogP contribution in [-0.2, 0) is 11.3 Å². The molecule has 0 amide bonds. The summed E-state index contributed by atoms with van der Waals surface area (Å²) in [5.74, 6) is 0.751. The summed E-state index contributed by atoms with van der Waals surface area (Å²) in [5, 5.41) is 9.94. The minimum atomic E-state index is 0.585. The second-order valence-electron chi connectivity index (χ2n) is 3.91. The lowest BCUT2D eigenvalue weighted by Gasteiger charge is -2.06. The van der Waals surface area contributed by atoms with Crippen molar-refractivity contribution in [2.45, 2.75) is 6.54 Å². The maximum atomic E-state index is 5.20. The highest BCUT2D eigenvalue weighted by molar-refractivity contribution is 7.71. The van der Waals surface area contributed by atoms with Crippen LogP contribution in [0.15, 0.2) is 5.38 Å². The molecule has 0 unspecified atom stereocenters. The maximum Gasteiger partial charge on any atom is 0.195 e. The van der Waals surface area contributed by atoms with Crippen molar-refractivity contribution < 1.29 is 4.74 Å². The molecule has 2 heterocycles. The number of rotatable bonds is 5. The number of nitrogens with one attached hydrogen (secondary N) is 1. The molecule has 18 heavy (non-hydrogen) atoms. The maximum absolute atomic E-state index is 5.20. The molecule has 0 spiro atoms. The van der Waals surface area contributed by atoms with Crippen LogP contribution >= 0.6 is 23.6 Å². The second-order valence-corrected chi connectivity index (χ2v) is 5.13. The first kappa shape index (κ1) is 13.2. The quantitative estimate of drug-likeness (QED) is 0.849. The van der Waals surface area contributed by atoms with Crippen molar-refractivity contribution >= 4 is 28.7 Å². The lowest BCUT2D eigenvalue weighted by Crippen LogP contribution is -2.08. The molecule has 1 N–H and O–H groups in total. The number of hydrogen-bond donors (Lipinski definition) is 1. The summed E-state index contributed by atoms with van der Waals surface area (Å²) in [5.41, 5.74) is 0.826. The first-order chi connectivity index (χ1) is 8.63. The molecule has 0 radical (unpaired) electrons. The van der Waals surface area contributed by atoms with E-state index in [9.17, 15) is 0 Å². The van der Waals surface area contributed by atoms with E-state index in [1.54, 1.807) is 18.4 Å². The molecule has 2 aromatic heterocycles. The highest BCUT2D eigenvalue weighted by atomic mass is 32.1. The van der Waals surface area contributed by atoms with Gasteiger partial charge in [-0.1, -0.05) is 0 Å². The third-order valence-corrected chi connectivity index (χ3v) is 3.70. The first-order valence-electron chi connectivity index (χ1n) is 5.41. The summed E-state index contributed by atoms with van der Waals surface area (Å²) >= 11 is 6.78. The third kappa shape index (κ3) is 2.60. The number of ether oxygens (including phenoxy) is 1. The van der Waals surface area contributed by atoms with Crippen LogP contribution < -0.4 is 4.90 Å². The standard InChI is InChI=1S/C10H15N5OS2/c1-14(2)10-11-7(6-18-10)8-12-13-9(17)15(8)4-5-16-3/h6H,4-5H2,1-3H3,(H,13,17). The minimum absolute atomic E-state index is 0.585. The van der Waals surface area contributed by atoms with E-state index in [-0.39, 0.29) is 0 Å². The van der Waals surface area contributed by atoms with E-state index in [1.807, 2.05) is 28.9 Å². The van der Waals surface area contributed by atoms with E-state index in [0.29, 0.717) is 17.9 Å². The van der Waals surface area contributed by atoms with E-state index in [1.165, 1.54) is 0 Å². The van der Waals surface area contributed by atoms with E-state index < -0.39 is 0 Å². The van der Waals surface area contributed by atoms with Gasteiger partial charge in [-0.15, -0.1) is 11.3 Å². The monoisotopic (exact) mass is 285 g/mol. The van der Waals surface area contributed by atoms with Crippen LogP contribution in [0.1, 0.15) is 0 Å². The van der Waals surface area contributed by atoms with Gasteiger partial charge in [-0.05, 0) is 12.2 Å². The Balaban J connectivity index is 2.34. The molecule has 0 bridgehead atoms. The van der Waals surface area contributed by atoms with Crippen LogP contribution in [0.3, 0.4) is 0 Å². The number of aromatic amines is 1. The number of thiazole rings is 1. The number of anilines is 1. The highest BCUT2D eigenvalue weighted by Gasteiger charge is 2.13. The average molecular weight is 285 g/mol. The van der Waals surface area contributed by atoms with Crippen LogP contribution in [0.25, 0.3) is 11.5 Å². The molecule has 0 aliphatic carbocycles. The van der Waals surface area contributed by atoms with Crippen LogP contribution in [0.5, 0.6) is 0 Å². The molecular weight excluding hydrogens is 270 g/mol. The summed E-state index contributed by atoms with van der Waals surface area (Å²) in [6.45, 7) is 1.25. The molecule has 6 nitrogen and oxygen atoms in total. The summed E-state index contributed by atoms with van der Waals surface area (Å²) < 4.78 is 7.55. The van der Waals surface area contributed by atoms with Gasteiger partial charge in [-0.25, -0.2) is 4.98 Å². The summed E-state index contributed by atoms with van der Waals surface area (Å²) in [4.78, 5) is 6.48. The fourth-order valence-electron chi connectivity index (χ4n) is 1.48. The Morgan fingerprint density at radius 1 is 1.56 bits per heavy atom. The van der Waals surface area contributed by atoms with Crippen LogP contribution in [0.4, 0.5) is 5.13 Å². The minimum Gasteiger partial charge on any atom is -0.383 e. The fraction of sp³-hybridized carbons (Fsp3) is 0.500. The summed E-state index contributed by atoms with van der Waals surface area (Å²) in [6.07, 6.45) is 0. The van der Waals surface area contributed by atoms with Crippen LogP contribution in [-0.4, -0.2) is 47.6 Å². The lowest BCUT2D eigenvalue weighted by molar-refractivity contribution is 0.187. The first-order valence-corrected chi connectivity index (χ1v) is 6.69. The van der Waals surface area contributed by atoms with Crippen molar-refractivity contribution in [1.82, 2.24) is 19.7 Å². The summed E-state index contributed by atoms with van der Waals surface area (Å²) in [6, 6.07) is 0. The van der Waals surface area contributed by atoms with Crippen LogP contribution in [0, 0.1) is 4.77 Å². The Labute approximate surface area is 114 Å². The van der Waals surface area contributed by atoms with E-state index in [0.717, 1.165) is 16.6 Å². The molecule has 0 aromatic carbocycles. The Bertz CT molecular complexity index is 571. The van der Waals surface area contributed by atoms with Gasteiger partial charge >= 0.3 is 0 Å².